The Morgan fingerprint density at radius 2 is 2.33 bits per heavy atom. The number of carbonyl (C=O) groups is 1. The normalized spacial score (nSPS) is 19.6. The Morgan fingerprint density at radius 1 is 1.56 bits per heavy atom. The minimum absolute atomic E-state index is 0.108. The second kappa shape index (κ2) is 5.14. The molecular formula is C12H14N2O4. The zero-order valence-corrected chi connectivity index (χ0v) is 10.0. The maximum atomic E-state index is 10.9. The van der Waals surface area contributed by atoms with E-state index >= 15 is 0 Å². The third-order valence-electron chi connectivity index (χ3n) is 2.94. The van der Waals surface area contributed by atoms with Crippen LogP contribution in [-0.4, -0.2) is 37.0 Å². The van der Waals surface area contributed by atoms with Crippen molar-refractivity contribution >= 4 is 17.7 Å². The van der Waals surface area contributed by atoms with E-state index in [0.29, 0.717) is 12.9 Å². The lowest BCUT2D eigenvalue weighted by Gasteiger charge is -2.33. The molecule has 0 bridgehead atoms. The highest BCUT2D eigenvalue weighted by molar-refractivity contribution is 5.83. The van der Waals surface area contributed by atoms with Crippen molar-refractivity contribution in [2.24, 2.45) is 0 Å². The Morgan fingerprint density at radius 3 is 2.94 bits per heavy atom. The largest absolute Gasteiger partial charge is 0.375 e. The summed E-state index contributed by atoms with van der Waals surface area (Å²) < 4.78 is 5.43. The van der Waals surface area contributed by atoms with Crippen molar-refractivity contribution in [1.29, 1.82) is 0 Å². The first-order chi connectivity index (χ1) is 8.61. The molecule has 1 atom stereocenters. The van der Waals surface area contributed by atoms with Gasteiger partial charge in [0, 0.05) is 24.8 Å². The zero-order valence-electron chi connectivity index (χ0n) is 10.0. The van der Waals surface area contributed by atoms with E-state index in [0.717, 1.165) is 18.8 Å². The predicted octanol–water partition coefficient (Wildman–Crippen LogP) is 1.63. The molecule has 0 amide bonds. The van der Waals surface area contributed by atoms with Crippen molar-refractivity contribution in [2.75, 3.05) is 24.6 Å². The van der Waals surface area contributed by atoms with Gasteiger partial charge in [0.2, 0.25) is 0 Å². The summed E-state index contributed by atoms with van der Waals surface area (Å²) in [6.45, 7) is 4.03. The van der Waals surface area contributed by atoms with Crippen LogP contribution >= 0.6 is 0 Å². The van der Waals surface area contributed by atoms with Crippen LogP contribution in [0.2, 0.25) is 0 Å². The molecule has 0 saturated carbocycles. The first kappa shape index (κ1) is 12.5. The first-order valence-corrected chi connectivity index (χ1v) is 5.72. The smallest absolute Gasteiger partial charge is 0.280 e. The van der Waals surface area contributed by atoms with E-state index in [1.165, 1.54) is 6.07 Å². The number of rotatable bonds is 3. The Hall–Kier alpha value is -1.95. The van der Waals surface area contributed by atoms with Crippen LogP contribution in [0.25, 0.3) is 0 Å². The van der Waals surface area contributed by atoms with Crippen molar-refractivity contribution < 1.29 is 14.5 Å². The van der Waals surface area contributed by atoms with Gasteiger partial charge in [-0.2, -0.15) is 0 Å². The molecule has 0 aliphatic carbocycles. The Labute approximate surface area is 104 Å². The van der Waals surface area contributed by atoms with Gasteiger partial charge < -0.3 is 9.64 Å². The fourth-order valence-corrected chi connectivity index (χ4v) is 2.05. The Balaban J connectivity index is 2.29. The number of benzene rings is 1. The minimum atomic E-state index is -0.546. The van der Waals surface area contributed by atoms with Gasteiger partial charge in [-0.3, -0.25) is 14.9 Å². The number of nitrogens with zero attached hydrogens (tertiary/aromatic N) is 2. The quantitative estimate of drug-likeness (QED) is 0.463. The molecule has 2 rings (SSSR count). The number of morpholine rings is 1. The van der Waals surface area contributed by atoms with Gasteiger partial charge in [0.15, 0.2) is 6.29 Å². The number of hydrogen-bond acceptors (Lipinski definition) is 5. The van der Waals surface area contributed by atoms with E-state index in [4.69, 9.17) is 4.74 Å². The second-order valence-electron chi connectivity index (χ2n) is 4.25. The molecule has 0 radical (unpaired) electrons. The van der Waals surface area contributed by atoms with E-state index in [9.17, 15) is 14.9 Å². The number of nitro groups is 1. The molecule has 1 unspecified atom stereocenters. The van der Waals surface area contributed by atoms with Gasteiger partial charge in [0.1, 0.15) is 0 Å². The SMILES string of the molecule is CC1CN(c2ccc([N+](=O)[O-])c(C=O)c2)CCO1. The van der Waals surface area contributed by atoms with E-state index in [1.54, 1.807) is 12.1 Å². The summed E-state index contributed by atoms with van der Waals surface area (Å²) in [4.78, 5) is 23.1. The highest BCUT2D eigenvalue weighted by Gasteiger charge is 2.20. The van der Waals surface area contributed by atoms with Crippen LogP contribution in [-0.2, 0) is 4.74 Å². The Bertz CT molecular complexity index is 475. The van der Waals surface area contributed by atoms with Gasteiger partial charge in [-0.25, -0.2) is 0 Å². The monoisotopic (exact) mass is 250 g/mol. The molecule has 6 nitrogen and oxygen atoms in total. The first-order valence-electron chi connectivity index (χ1n) is 5.72. The van der Waals surface area contributed by atoms with Crippen molar-refractivity contribution in [3.05, 3.63) is 33.9 Å². The number of aldehydes is 1. The van der Waals surface area contributed by atoms with E-state index in [1.807, 2.05) is 6.92 Å². The van der Waals surface area contributed by atoms with Crippen molar-refractivity contribution in [1.82, 2.24) is 0 Å². The molecule has 1 fully saturated rings. The highest BCUT2D eigenvalue weighted by atomic mass is 16.6. The van der Waals surface area contributed by atoms with Gasteiger partial charge in [-0.15, -0.1) is 0 Å². The summed E-state index contributed by atoms with van der Waals surface area (Å²) in [7, 11) is 0. The summed E-state index contributed by atoms with van der Waals surface area (Å²) in [5.41, 5.74) is 0.768. The molecule has 1 aromatic carbocycles. The van der Waals surface area contributed by atoms with Crippen molar-refractivity contribution in [3.8, 4) is 0 Å². The summed E-state index contributed by atoms with van der Waals surface area (Å²) in [5.74, 6) is 0. The van der Waals surface area contributed by atoms with Crippen LogP contribution < -0.4 is 4.90 Å². The molecule has 0 aromatic heterocycles. The lowest BCUT2D eigenvalue weighted by atomic mass is 10.1. The molecule has 6 heteroatoms. The van der Waals surface area contributed by atoms with E-state index < -0.39 is 4.92 Å². The van der Waals surface area contributed by atoms with Gasteiger partial charge in [-0.05, 0) is 19.1 Å². The predicted molar refractivity (Wildman–Crippen MR) is 66.1 cm³/mol. The zero-order chi connectivity index (χ0) is 13.1. The van der Waals surface area contributed by atoms with E-state index in [-0.39, 0.29) is 17.4 Å². The van der Waals surface area contributed by atoms with Gasteiger partial charge >= 0.3 is 0 Å². The average molecular weight is 250 g/mol. The van der Waals surface area contributed by atoms with Crippen LogP contribution in [0.4, 0.5) is 11.4 Å². The molecule has 1 aromatic rings. The number of anilines is 1. The molecule has 0 N–H and O–H groups in total. The third kappa shape index (κ3) is 2.48. The second-order valence-corrected chi connectivity index (χ2v) is 4.25. The summed E-state index contributed by atoms with van der Waals surface area (Å²) in [6, 6.07) is 4.60. The molecule has 0 spiro atoms. The van der Waals surface area contributed by atoms with Gasteiger partial charge in [0.25, 0.3) is 5.69 Å². The molecule has 96 valence electrons. The van der Waals surface area contributed by atoms with Crippen LogP contribution in [0.15, 0.2) is 18.2 Å². The molecule has 1 aliphatic heterocycles. The van der Waals surface area contributed by atoms with E-state index in [2.05, 4.69) is 4.90 Å². The highest BCUT2D eigenvalue weighted by Crippen LogP contribution is 2.25. The van der Waals surface area contributed by atoms with Gasteiger partial charge in [0.05, 0.1) is 23.2 Å². The standard InChI is InChI=1S/C12H14N2O4/c1-9-7-13(4-5-18-9)11-2-3-12(14(16)17)10(6-11)8-15/h2-3,6,8-9H,4-5,7H2,1H3. The van der Waals surface area contributed by atoms with Crippen molar-refractivity contribution in [2.45, 2.75) is 13.0 Å². The van der Waals surface area contributed by atoms with Crippen LogP contribution in [0.3, 0.4) is 0 Å². The average Bonchev–Trinajstić information content (AvgIpc) is 2.37. The molecule has 1 aliphatic rings. The maximum absolute atomic E-state index is 10.9. The molecule has 1 saturated heterocycles. The van der Waals surface area contributed by atoms with Crippen LogP contribution in [0.1, 0.15) is 17.3 Å². The van der Waals surface area contributed by atoms with Crippen molar-refractivity contribution in [3.63, 3.8) is 0 Å². The summed E-state index contributed by atoms with van der Waals surface area (Å²) in [6.07, 6.45) is 0.638. The number of carbonyl (C=O) groups excluding carboxylic acids is 1. The summed E-state index contributed by atoms with van der Waals surface area (Å²) in [5, 5.41) is 10.7. The number of nitro benzene ring substituents is 1. The summed E-state index contributed by atoms with van der Waals surface area (Å²) >= 11 is 0. The molecule has 18 heavy (non-hydrogen) atoms. The van der Waals surface area contributed by atoms with Crippen LogP contribution in [0.5, 0.6) is 0 Å². The molecule has 1 heterocycles. The minimum Gasteiger partial charge on any atom is -0.375 e. The lowest BCUT2D eigenvalue weighted by molar-refractivity contribution is -0.385. The lowest BCUT2D eigenvalue weighted by Crippen LogP contribution is -2.41. The fourth-order valence-electron chi connectivity index (χ4n) is 2.05. The maximum Gasteiger partial charge on any atom is 0.280 e. The molecular weight excluding hydrogens is 236 g/mol. The fraction of sp³-hybridized carbons (Fsp3) is 0.417. The Kier molecular flexibility index (Phi) is 3.57. The number of hydrogen-bond donors (Lipinski definition) is 0. The van der Waals surface area contributed by atoms with Crippen LogP contribution in [0, 0.1) is 10.1 Å². The van der Waals surface area contributed by atoms with Gasteiger partial charge in [-0.1, -0.05) is 0 Å². The topological polar surface area (TPSA) is 72.7 Å². The number of ether oxygens (including phenoxy) is 1. The third-order valence-corrected chi connectivity index (χ3v) is 2.94.